The Morgan fingerprint density at radius 1 is 1.00 bits per heavy atom. The smallest absolute Gasteiger partial charge is 0.0471 e. The van der Waals surface area contributed by atoms with Crippen LogP contribution in [0.3, 0.4) is 0 Å². The number of benzene rings is 2. The summed E-state index contributed by atoms with van der Waals surface area (Å²) in [7, 11) is 2.07. The summed E-state index contributed by atoms with van der Waals surface area (Å²) < 4.78 is 0. The van der Waals surface area contributed by atoms with Crippen molar-refractivity contribution in [2.75, 3.05) is 12.8 Å². The van der Waals surface area contributed by atoms with Gasteiger partial charge in [-0.3, -0.25) is 4.90 Å². The first-order chi connectivity index (χ1) is 8.66. The molecule has 2 rings (SSSR count). The first-order valence-corrected chi connectivity index (χ1v) is 6.30. The van der Waals surface area contributed by atoms with E-state index in [1.165, 1.54) is 5.56 Å². The van der Waals surface area contributed by atoms with Crippen LogP contribution in [0.4, 0.5) is 5.69 Å². The van der Waals surface area contributed by atoms with Gasteiger partial charge in [0.25, 0.3) is 0 Å². The van der Waals surface area contributed by atoms with Crippen molar-refractivity contribution in [1.82, 2.24) is 4.90 Å². The van der Waals surface area contributed by atoms with E-state index in [4.69, 9.17) is 17.3 Å². The third kappa shape index (κ3) is 3.25. The second-order valence-electron chi connectivity index (χ2n) is 4.47. The van der Waals surface area contributed by atoms with Gasteiger partial charge in [-0.15, -0.1) is 0 Å². The normalized spacial score (nSPS) is 10.8. The molecule has 0 atom stereocenters. The molecule has 0 heterocycles. The third-order valence-electron chi connectivity index (χ3n) is 2.88. The fourth-order valence-electron chi connectivity index (χ4n) is 1.96. The van der Waals surface area contributed by atoms with Crippen molar-refractivity contribution in [3.05, 3.63) is 64.7 Å². The third-order valence-corrected chi connectivity index (χ3v) is 3.23. The minimum Gasteiger partial charge on any atom is -0.398 e. The van der Waals surface area contributed by atoms with Crippen molar-refractivity contribution >= 4 is 17.3 Å². The van der Waals surface area contributed by atoms with Crippen LogP contribution in [-0.4, -0.2) is 11.9 Å². The number of nitrogens with zero attached hydrogens (tertiary/aromatic N) is 1. The fraction of sp³-hybridized carbons (Fsp3) is 0.200. The highest BCUT2D eigenvalue weighted by atomic mass is 35.5. The lowest BCUT2D eigenvalue weighted by molar-refractivity contribution is 0.319. The number of anilines is 1. The van der Waals surface area contributed by atoms with Gasteiger partial charge in [0, 0.05) is 29.4 Å². The van der Waals surface area contributed by atoms with Crippen molar-refractivity contribution in [3.8, 4) is 0 Å². The maximum atomic E-state index is 6.17. The topological polar surface area (TPSA) is 29.3 Å². The van der Waals surface area contributed by atoms with Crippen molar-refractivity contribution in [3.63, 3.8) is 0 Å². The van der Waals surface area contributed by atoms with Gasteiger partial charge in [0.05, 0.1) is 0 Å². The summed E-state index contributed by atoms with van der Waals surface area (Å²) in [5, 5.41) is 0.731. The summed E-state index contributed by atoms with van der Waals surface area (Å²) in [5.41, 5.74) is 8.98. The first kappa shape index (κ1) is 12.9. The first-order valence-electron chi connectivity index (χ1n) is 5.92. The molecule has 0 amide bonds. The van der Waals surface area contributed by atoms with E-state index in [9.17, 15) is 0 Å². The molecule has 0 unspecified atom stereocenters. The van der Waals surface area contributed by atoms with E-state index in [1.807, 2.05) is 36.4 Å². The van der Waals surface area contributed by atoms with Crippen LogP contribution in [0.2, 0.25) is 5.02 Å². The van der Waals surface area contributed by atoms with Crippen LogP contribution in [0, 0.1) is 0 Å². The van der Waals surface area contributed by atoms with Gasteiger partial charge in [0.2, 0.25) is 0 Å². The van der Waals surface area contributed by atoms with Gasteiger partial charge in [-0.2, -0.15) is 0 Å². The summed E-state index contributed by atoms with van der Waals surface area (Å²) in [4.78, 5) is 2.20. The number of halogens is 1. The van der Waals surface area contributed by atoms with Gasteiger partial charge in [-0.05, 0) is 24.7 Å². The second-order valence-corrected chi connectivity index (χ2v) is 4.87. The molecule has 0 fully saturated rings. The van der Waals surface area contributed by atoms with Crippen molar-refractivity contribution < 1.29 is 0 Å². The Balaban J connectivity index is 2.06. The lowest BCUT2D eigenvalue weighted by Gasteiger charge is -2.18. The summed E-state index contributed by atoms with van der Waals surface area (Å²) in [5.74, 6) is 0. The molecular weight excluding hydrogens is 244 g/mol. The molecule has 2 nitrogen and oxygen atoms in total. The van der Waals surface area contributed by atoms with Crippen molar-refractivity contribution in [2.24, 2.45) is 0 Å². The molecule has 0 saturated heterocycles. The maximum absolute atomic E-state index is 6.17. The Morgan fingerprint density at radius 3 is 2.39 bits per heavy atom. The van der Waals surface area contributed by atoms with Crippen LogP contribution < -0.4 is 5.73 Å². The molecule has 0 aliphatic heterocycles. The number of nitrogen functional groups attached to an aromatic ring is 1. The van der Waals surface area contributed by atoms with Crippen molar-refractivity contribution in [2.45, 2.75) is 13.1 Å². The zero-order valence-electron chi connectivity index (χ0n) is 10.4. The van der Waals surface area contributed by atoms with Crippen LogP contribution in [0.1, 0.15) is 11.1 Å². The molecule has 0 aliphatic rings. The predicted octanol–water partition coefficient (Wildman–Crippen LogP) is 3.55. The highest BCUT2D eigenvalue weighted by Crippen LogP contribution is 2.23. The molecule has 3 heteroatoms. The quantitative estimate of drug-likeness (QED) is 0.852. The van der Waals surface area contributed by atoms with Crippen LogP contribution in [-0.2, 0) is 13.1 Å². The highest BCUT2D eigenvalue weighted by Gasteiger charge is 2.08. The second kappa shape index (κ2) is 5.89. The van der Waals surface area contributed by atoms with E-state index in [0.29, 0.717) is 0 Å². The molecule has 0 saturated carbocycles. The number of nitrogens with two attached hydrogens (primary N) is 1. The standard InChI is InChI=1S/C15H17ClN2/c1-18(10-12-6-3-2-4-7-12)11-13-14(16)8-5-9-15(13)17/h2-9H,10-11,17H2,1H3. The molecule has 2 aromatic rings. The highest BCUT2D eigenvalue weighted by molar-refractivity contribution is 6.31. The number of hydrogen-bond acceptors (Lipinski definition) is 2. The van der Waals surface area contributed by atoms with E-state index in [0.717, 1.165) is 29.4 Å². The molecule has 94 valence electrons. The average molecular weight is 261 g/mol. The monoisotopic (exact) mass is 260 g/mol. The van der Waals surface area contributed by atoms with Crippen LogP contribution in [0.15, 0.2) is 48.5 Å². The van der Waals surface area contributed by atoms with Crippen molar-refractivity contribution in [1.29, 1.82) is 0 Å². The molecule has 2 N–H and O–H groups in total. The molecule has 0 aliphatic carbocycles. The lowest BCUT2D eigenvalue weighted by Crippen LogP contribution is -2.18. The Morgan fingerprint density at radius 2 is 1.72 bits per heavy atom. The SMILES string of the molecule is CN(Cc1ccccc1)Cc1c(N)cccc1Cl. The van der Waals surface area contributed by atoms with Gasteiger partial charge in [0.1, 0.15) is 0 Å². The van der Waals surface area contributed by atoms with Gasteiger partial charge in [0.15, 0.2) is 0 Å². The summed E-state index contributed by atoms with van der Waals surface area (Å²) >= 11 is 6.17. The Bertz CT molecular complexity index is 491. The van der Waals surface area contributed by atoms with Gasteiger partial charge in [-0.1, -0.05) is 48.0 Å². The van der Waals surface area contributed by atoms with Crippen LogP contribution in [0.25, 0.3) is 0 Å². The van der Waals surface area contributed by atoms with E-state index in [-0.39, 0.29) is 0 Å². The fourth-order valence-corrected chi connectivity index (χ4v) is 2.20. The van der Waals surface area contributed by atoms with Gasteiger partial charge in [-0.25, -0.2) is 0 Å². The van der Waals surface area contributed by atoms with Gasteiger partial charge >= 0.3 is 0 Å². The molecule has 0 spiro atoms. The summed E-state index contributed by atoms with van der Waals surface area (Å²) in [6.45, 7) is 1.63. The minimum atomic E-state index is 0.731. The van der Waals surface area contributed by atoms with E-state index in [1.54, 1.807) is 0 Å². The largest absolute Gasteiger partial charge is 0.398 e. The van der Waals surface area contributed by atoms with Crippen LogP contribution in [0.5, 0.6) is 0 Å². The Labute approximate surface area is 113 Å². The van der Waals surface area contributed by atoms with Crippen LogP contribution >= 0.6 is 11.6 Å². The zero-order valence-corrected chi connectivity index (χ0v) is 11.2. The van der Waals surface area contributed by atoms with Gasteiger partial charge < -0.3 is 5.73 Å². The Kier molecular flexibility index (Phi) is 4.24. The Hall–Kier alpha value is -1.51. The average Bonchev–Trinajstić information content (AvgIpc) is 2.35. The number of hydrogen-bond donors (Lipinski definition) is 1. The molecule has 0 radical (unpaired) electrons. The van der Waals surface area contributed by atoms with E-state index >= 15 is 0 Å². The summed E-state index contributed by atoms with van der Waals surface area (Å²) in [6, 6.07) is 16.0. The molecule has 0 aromatic heterocycles. The maximum Gasteiger partial charge on any atom is 0.0471 e. The van der Waals surface area contributed by atoms with E-state index < -0.39 is 0 Å². The number of rotatable bonds is 4. The minimum absolute atomic E-state index is 0.731. The zero-order chi connectivity index (χ0) is 13.0. The molecule has 18 heavy (non-hydrogen) atoms. The molecule has 2 aromatic carbocycles. The molecular formula is C15H17ClN2. The molecule has 0 bridgehead atoms. The lowest BCUT2D eigenvalue weighted by atomic mass is 10.1. The summed E-state index contributed by atoms with van der Waals surface area (Å²) in [6.07, 6.45) is 0. The van der Waals surface area contributed by atoms with E-state index in [2.05, 4.69) is 24.1 Å². The predicted molar refractivity (Wildman–Crippen MR) is 77.5 cm³/mol.